The molecule has 0 saturated carbocycles. The van der Waals surface area contributed by atoms with Gasteiger partial charge in [-0.1, -0.05) is 91.9 Å². The van der Waals surface area contributed by atoms with Gasteiger partial charge in [0, 0.05) is 5.92 Å². The maximum absolute atomic E-state index is 2.20. The van der Waals surface area contributed by atoms with Crippen molar-refractivity contribution in [3.05, 3.63) is 102 Å². The van der Waals surface area contributed by atoms with E-state index >= 15 is 0 Å². The molecule has 97 valence electrons. The molecule has 0 bridgehead atoms. The zero-order valence-corrected chi connectivity index (χ0v) is 11.6. The highest BCUT2D eigenvalue weighted by Gasteiger charge is 2.13. The van der Waals surface area contributed by atoms with Crippen molar-refractivity contribution in [2.24, 2.45) is 0 Å². The number of rotatable bonds is 3. The molecule has 0 atom stereocenters. The lowest BCUT2D eigenvalue weighted by Crippen LogP contribution is -1.99. The molecule has 0 heteroatoms. The first-order valence-electron chi connectivity index (χ1n) is 6.90. The third kappa shape index (κ3) is 2.50. The molecule has 0 nitrogen and oxygen atoms in total. The molecule has 1 radical (unpaired) electrons. The molecule has 0 amide bonds. The first-order valence-corrected chi connectivity index (χ1v) is 6.90. The molecule has 3 aromatic rings. The number of hydrogen-bond donors (Lipinski definition) is 0. The van der Waals surface area contributed by atoms with Gasteiger partial charge in [0.25, 0.3) is 0 Å². The van der Waals surface area contributed by atoms with Crippen molar-refractivity contribution in [2.45, 2.75) is 6.92 Å². The summed E-state index contributed by atoms with van der Waals surface area (Å²) in [4.78, 5) is 0. The van der Waals surface area contributed by atoms with Gasteiger partial charge in [0.2, 0.25) is 0 Å². The van der Waals surface area contributed by atoms with Crippen LogP contribution in [0, 0.1) is 5.92 Å². The molecule has 0 fully saturated rings. The predicted octanol–water partition coefficient (Wildman–Crippen LogP) is 5.34. The Bertz CT molecular complexity index is 669. The lowest BCUT2D eigenvalue weighted by atomic mass is 9.87. The van der Waals surface area contributed by atoms with Gasteiger partial charge in [0.15, 0.2) is 0 Å². The Kier molecular flexibility index (Phi) is 3.64. The van der Waals surface area contributed by atoms with E-state index in [-0.39, 0.29) is 0 Å². The summed E-state index contributed by atoms with van der Waals surface area (Å²) < 4.78 is 0. The van der Waals surface area contributed by atoms with Crippen molar-refractivity contribution in [1.29, 1.82) is 0 Å². The van der Waals surface area contributed by atoms with Crippen LogP contribution < -0.4 is 0 Å². The molecular formula is C20H17. The Labute approximate surface area is 120 Å². The van der Waals surface area contributed by atoms with Crippen LogP contribution >= 0.6 is 0 Å². The summed E-state index contributed by atoms with van der Waals surface area (Å²) in [7, 11) is 0. The van der Waals surface area contributed by atoms with Gasteiger partial charge in [-0.05, 0) is 22.3 Å². The van der Waals surface area contributed by atoms with E-state index in [1.165, 1.54) is 28.2 Å². The molecule has 3 rings (SSSR count). The highest BCUT2D eigenvalue weighted by Crippen LogP contribution is 2.32. The average molecular weight is 257 g/mol. The van der Waals surface area contributed by atoms with Gasteiger partial charge in [0.1, 0.15) is 0 Å². The Morgan fingerprint density at radius 3 is 1.85 bits per heavy atom. The minimum absolute atomic E-state index is 1.26. The van der Waals surface area contributed by atoms with Crippen LogP contribution in [0.2, 0.25) is 0 Å². The first-order chi connectivity index (χ1) is 9.86. The van der Waals surface area contributed by atoms with Crippen LogP contribution in [0.4, 0.5) is 0 Å². The fraction of sp³-hybridized carbons (Fsp3) is 0.0500. The summed E-state index contributed by atoms with van der Waals surface area (Å²) in [6, 6.07) is 29.7. The summed E-state index contributed by atoms with van der Waals surface area (Å²) in [5.41, 5.74) is 5.12. The van der Waals surface area contributed by atoms with Crippen LogP contribution in [0.5, 0.6) is 0 Å². The Morgan fingerprint density at radius 2 is 1.15 bits per heavy atom. The lowest BCUT2D eigenvalue weighted by Gasteiger charge is -2.16. The molecule has 0 unspecified atom stereocenters. The van der Waals surface area contributed by atoms with E-state index in [0.29, 0.717) is 0 Å². The van der Waals surface area contributed by atoms with Gasteiger partial charge in [-0.25, -0.2) is 0 Å². The van der Waals surface area contributed by atoms with E-state index in [9.17, 15) is 0 Å². The standard InChI is InChI=1S/C20H17/c1-16(17-10-4-2-5-11-17)19-14-8-9-15-20(19)18-12-6-3-7-13-18/h2-15H,1H3. The predicted molar refractivity (Wildman–Crippen MR) is 85.4 cm³/mol. The van der Waals surface area contributed by atoms with Crippen LogP contribution in [0.1, 0.15) is 18.1 Å². The Balaban J connectivity index is 2.07. The van der Waals surface area contributed by atoms with Crippen molar-refractivity contribution in [2.75, 3.05) is 0 Å². The number of benzene rings is 3. The topological polar surface area (TPSA) is 0 Å². The van der Waals surface area contributed by atoms with Crippen molar-refractivity contribution in [3.8, 4) is 11.1 Å². The maximum Gasteiger partial charge on any atom is 0.0315 e. The second-order valence-electron chi connectivity index (χ2n) is 4.90. The van der Waals surface area contributed by atoms with Gasteiger partial charge in [-0.15, -0.1) is 0 Å². The summed E-state index contributed by atoms with van der Waals surface area (Å²) in [6.45, 7) is 2.19. The molecule has 0 aliphatic heterocycles. The van der Waals surface area contributed by atoms with Crippen molar-refractivity contribution < 1.29 is 0 Å². The fourth-order valence-electron chi connectivity index (χ4n) is 2.52. The zero-order valence-electron chi connectivity index (χ0n) is 11.6. The van der Waals surface area contributed by atoms with E-state index in [1.807, 2.05) is 0 Å². The molecule has 0 aliphatic rings. The van der Waals surface area contributed by atoms with Crippen molar-refractivity contribution >= 4 is 0 Å². The second kappa shape index (κ2) is 5.75. The highest BCUT2D eigenvalue weighted by atomic mass is 14.2. The Hall–Kier alpha value is -2.34. The maximum atomic E-state index is 2.20. The van der Waals surface area contributed by atoms with Crippen LogP contribution in [0.25, 0.3) is 11.1 Å². The zero-order chi connectivity index (χ0) is 13.8. The molecule has 0 saturated heterocycles. The lowest BCUT2D eigenvalue weighted by molar-refractivity contribution is 1.19. The first kappa shape index (κ1) is 12.7. The molecule has 0 spiro atoms. The molecular weight excluding hydrogens is 240 g/mol. The van der Waals surface area contributed by atoms with Gasteiger partial charge in [0.05, 0.1) is 0 Å². The average Bonchev–Trinajstić information content (AvgIpc) is 2.56. The molecule has 0 aliphatic carbocycles. The third-order valence-corrected chi connectivity index (χ3v) is 3.62. The van der Waals surface area contributed by atoms with Crippen LogP contribution in [0.3, 0.4) is 0 Å². The molecule has 20 heavy (non-hydrogen) atoms. The van der Waals surface area contributed by atoms with Crippen LogP contribution in [-0.4, -0.2) is 0 Å². The quantitative estimate of drug-likeness (QED) is 0.593. The minimum Gasteiger partial charge on any atom is -0.0622 e. The van der Waals surface area contributed by atoms with Gasteiger partial charge in [-0.3, -0.25) is 0 Å². The van der Waals surface area contributed by atoms with Crippen molar-refractivity contribution in [1.82, 2.24) is 0 Å². The van der Waals surface area contributed by atoms with Gasteiger partial charge in [-0.2, -0.15) is 0 Å². The van der Waals surface area contributed by atoms with Crippen LogP contribution in [0.15, 0.2) is 84.9 Å². The monoisotopic (exact) mass is 257 g/mol. The van der Waals surface area contributed by atoms with Crippen LogP contribution in [-0.2, 0) is 0 Å². The largest absolute Gasteiger partial charge is 0.0622 e. The van der Waals surface area contributed by atoms with E-state index in [4.69, 9.17) is 0 Å². The minimum atomic E-state index is 1.26. The highest BCUT2D eigenvalue weighted by molar-refractivity contribution is 5.71. The van der Waals surface area contributed by atoms with Gasteiger partial charge >= 0.3 is 0 Å². The van der Waals surface area contributed by atoms with E-state index in [0.717, 1.165) is 0 Å². The van der Waals surface area contributed by atoms with Crippen molar-refractivity contribution in [3.63, 3.8) is 0 Å². The molecule has 0 aromatic heterocycles. The molecule has 0 N–H and O–H groups in total. The molecule has 3 aromatic carbocycles. The third-order valence-electron chi connectivity index (χ3n) is 3.62. The summed E-state index contributed by atoms with van der Waals surface area (Å²) in [5, 5.41) is 0. The van der Waals surface area contributed by atoms with E-state index < -0.39 is 0 Å². The normalized spacial score (nSPS) is 10.7. The smallest absolute Gasteiger partial charge is 0.0315 e. The second-order valence-corrected chi connectivity index (χ2v) is 4.90. The SMILES string of the molecule is C[C](c1ccccc1)c1ccccc1-c1ccccc1. The summed E-state index contributed by atoms with van der Waals surface area (Å²) >= 11 is 0. The van der Waals surface area contributed by atoms with E-state index in [1.54, 1.807) is 0 Å². The fourth-order valence-corrected chi connectivity index (χ4v) is 2.52. The van der Waals surface area contributed by atoms with E-state index in [2.05, 4.69) is 91.9 Å². The summed E-state index contributed by atoms with van der Waals surface area (Å²) in [5.74, 6) is 1.31. The summed E-state index contributed by atoms with van der Waals surface area (Å²) in [6.07, 6.45) is 0. The number of hydrogen-bond acceptors (Lipinski definition) is 0. The molecule has 0 heterocycles. The van der Waals surface area contributed by atoms with Gasteiger partial charge < -0.3 is 0 Å². The Morgan fingerprint density at radius 1 is 0.600 bits per heavy atom.